The number of rotatable bonds is 11. The average molecular weight is 744 g/mol. The predicted octanol–water partition coefficient (Wildman–Crippen LogP) is 5.55. The number of piperidine rings is 1. The molecular weight excluding hydrogens is 700 g/mol. The van der Waals surface area contributed by atoms with E-state index < -0.39 is 22.6 Å². The summed E-state index contributed by atoms with van der Waals surface area (Å²) in [5.41, 5.74) is 4.02. The van der Waals surface area contributed by atoms with Crippen LogP contribution in [0.4, 0.5) is 24.9 Å². The molecule has 4 aromatic rings. The normalized spacial score (nSPS) is 19.5. The van der Waals surface area contributed by atoms with Gasteiger partial charge in [0.25, 0.3) is 0 Å². The van der Waals surface area contributed by atoms with Crippen molar-refractivity contribution in [1.82, 2.24) is 28.6 Å². The van der Waals surface area contributed by atoms with Gasteiger partial charge in [-0.2, -0.15) is 27.7 Å². The molecule has 274 valence electrons. The number of benzene rings is 1. The van der Waals surface area contributed by atoms with E-state index in [9.17, 15) is 26.9 Å². The van der Waals surface area contributed by atoms with Crippen LogP contribution in [0.2, 0.25) is 0 Å². The quantitative estimate of drug-likeness (QED) is 0.204. The number of hydrogen-bond donors (Lipinski definition) is 2. The van der Waals surface area contributed by atoms with Crippen molar-refractivity contribution in [3.8, 4) is 6.07 Å². The molecule has 0 spiro atoms. The van der Waals surface area contributed by atoms with Crippen molar-refractivity contribution in [2.24, 2.45) is 0 Å². The molecule has 2 N–H and O–H groups in total. The number of nitriles is 1. The molecule has 16 heteroatoms. The fourth-order valence-electron chi connectivity index (χ4n) is 7.48. The molecule has 0 unspecified atom stereocenters. The fourth-order valence-corrected chi connectivity index (χ4v) is 10.4. The summed E-state index contributed by atoms with van der Waals surface area (Å²) in [7, 11) is -1.47. The number of nitrogens with one attached hydrogen (secondary N) is 2. The molecule has 0 bridgehead atoms. The minimum atomic E-state index is -4.29. The van der Waals surface area contributed by atoms with Crippen LogP contribution in [0.3, 0.4) is 0 Å². The van der Waals surface area contributed by atoms with Gasteiger partial charge < -0.3 is 15.2 Å². The highest BCUT2D eigenvalue weighted by Crippen LogP contribution is 2.35. The number of piperazine rings is 1. The van der Waals surface area contributed by atoms with Gasteiger partial charge in [0, 0.05) is 87.3 Å². The van der Waals surface area contributed by atoms with Crippen LogP contribution in [0.15, 0.2) is 24.3 Å². The molecule has 51 heavy (non-hydrogen) atoms. The van der Waals surface area contributed by atoms with Gasteiger partial charge in [-0.3, -0.25) is 9.80 Å². The number of nitrogens with zero attached hydrogens (tertiary/aromatic N) is 7. The first-order valence-corrected chi connectivity index (χ1v) is 19.9. The lowest BCUT2D eigenvalue weighted by molar-refractivity contribution is -0.126. The van der Waals surface area contributed by atoms with Gasteiger partial charge in [0.2, 0.25) is 16.0 Å². The van der Waals surface area contributed by atoms with Crippen LogP contribution in [-0.4, -0.2) is 107 Å². The predicted molar refractivity (Wildman–Crippen MR) is 195 cm³/mol. The van der Waals surface area contributed by atoms with Crippen molar-refractivity contribution in [3.05, 3.63) is 46.0 Å². The van der Waals surface area contributed by atoms with Gasteiger partial charge in [-0.15, -0.1) is 11.3 Å². The van der Waals surface area contributed by atoms with Gasteiger partial charge >= 0.3 is 6.18 Å². The highest BCUT2D eigenvalue weighted by Gasteiger charge is 2.41. The second kappa shape index (κ2) is 14.1. The second-order valence-corrected chi connectivity index (χ2v) is 17.5. The zero-order valence-electron chi connectivity index (χ0n) is 29.1. The highest BCUT2D eigenvalue weighted by molar-refractivity contribution is 7.90. The first kappa shape index (κ1) is 35.9. The van der Waals surface area contributed by atoms with Gasteiger partial charge in [0.05, 0.1) is 17.1 Å². The smallest absolute Gasteiger partial charge is 0.367 e. The zero-order chi connectivity index (χ0) is 36.1. The Hall–Kier alpha value is -3.49. The number of aryl methyl sites for hydroxylation is 1. The molecule has 0 radical (unpaired) electrons. The van der Waals surface area contributed by atoms with Crippen molar-refractivity contribution in [2.45, 2.75) is 82.6 Å². The number of likely N-dealkylation sites (tertiary alicyclic amines) is 1. The Kier molecular flexibility index (Phi) is 9.96. The van der Waals surface area contributed by atoms with E-state index in [1.165, 1.54) is 5.56 Å². The van der Waals surface area contributed by atoms with E-state index in [2.05, 4.69) is 67.0 Å². The standard InChI is InChI=1S/C35H44F3N9O2S2/c1-22(45-12-14-46(15-13-45)51(48,49)28-5-6-28)20-47-26(19-39)16-29-23(2)24(4-7-31(29)47)21-44-10-8-25(9-11-44)41-32-30-17-27(18-35(36,37)38)50-33(30)43-34(40-3)42-32/h4,7,16-17,22,25,28H,5-6,8-15,18,20-21H2,1-3H3,(H2,40,41,42,43)/t22-/m0/s1. The van der Waals surface area contributed by atoms with Crippen LogP contribution in [0.5, 0.6) is 0 Å². The molecule has 1 atom stereocenters. The summed E-state index contributed by atoms with van der Waals surface area (Å²) in [5.74, 6) is 0.931. The van der Waals surface area contributed by atoms with E-state index >= 15 is 0 Å². The summed E-state index contributed by atoms with van der Waals surface area (Å²) in [6.07, 6.45) is -2.01. The van der Waals surface area contributed by atoms with E-state index in [0.717, 1.165) is 73.1 Å². The van der Waals surface area contributed by atoms with E-state index in [0.29, 0.717) is 60.4 Å². The number of anilines is 2. The van der Waals surface area contributed by atoms with Crippen molar-refractivity contribution in [2.75, 3.05) is 56.9 Å². The molecule has 3 fully saturated rings. The third-order valence-electron chi connectivity index (χ3n) is 10.6. The summed E-state index contributed by atoms with van der Waals surface area (Å²) >= 11 is 1.05. The van der Waals surface area contributed by atoms with Crippen LogP contribution >= 0.6 is 11.3 Å². The second-order valence-electron chi connectivity index (χ2n) is 14.1. The van der Waals surface area contributed by atoms with Crippen molar-refractivity contribution >= 4 is 54.2 Å². The zero-order valence-corrected chi connectivity index (χ0v) is 30.8. The summed E-state index contributed by atoms with van der Waals surface area (Å²) in [5, 5.41) is 18.0. The molecule has 5 heterocycles. The summed E-state index contributed by atoms with van der Waals surface area (Å²) in [6.45, 7) is 9.78. The van der Waals surface area contributed by atoms with Crippen LogP contribution in [0.1, 0.15) is 54.3 Å². The molecular formula is C35H44F3N9O2S2. The van der Waals surface area contributed by atoms with Crippen LogP contribution in [0.25, 0.3) is 21.1 Å². The van der Waals surface area contributed by atoms with Crippen molar-refractivity contribution in [3.63, 3.8) is 0 Å². The van der Waals surface area contributed by atoms with Gasteiger partial charge in [-0.05, 0) is 68.9 Å². The van der Waals surface area contributed by atoms with Gasteiger partial charge in [-0.1, -0.05) is 6.07 Å². The molecule has 1 aromatic carbocycles. The molecule has 0 amide bonds. The SMILES string of the molecule is CNc1nc(NC2CCN(Cc3ccc4c(cc(C#N)n4C[C@H](C)N4CCN(S(=O)(=O)C5CC5)CC4)c3C)CC2)c2cc(CC(F)(F)F)sc2n1. The van der Waals surface area contributed by atoms with Gasteiger partial charge in [-0.25, -0.2) is 13.4 Å². The van der Waals surface area contributed by atoms with E-state index in [1.54, 1.807) is 17.4 Å². The van der Waals surface area contributed by atoms with E-state index in [4.69, 9.17) is 0 Å². The Morgan fingerprint density at radius 3 is 2.41 bits per heavy atom. The van der Waals surface area contributed by atoms with Crippen molar-refractivity contribution in [1.29, 1.82) is 5.26 Å². The lowest BCUT2D eigenvalue weighted by Crippen LogP contribution is -2.52. The lowest BCUT2D eigenvalue weighted by atomic mass is 10.0. The summed E-state index contributed by atoms with van der Waals surface area (Å²) in [6, 6.07) is 10.5. The molecule has 1 saturated carbocycles. The molecule has 3 aromatic heterocycles. The molecule has 7 rings (SSSR count). The molecule has 11 nitrogen and oxygen atoms in total. The third-order valence-corrected chi connectivity index (χ3v) is 14.0. The first-order chi connectivity index (χ1) is 24.3. The molecule has 2 saturated heterocycles. The minimum absolute atomic E-state index is 0.124. The Labute approximate surface area is 300 Å². The van der Waals surface area contributed by atoms with Crippen molar-refractivity contribution < 1.29 is 21.6 Å². The maximum atomic E-state index is 13.1. The molecule has 1 aliphatic carbocycles. The first-order valence-electron chi connectivity index (χ1n) is 17.6. The van der Waals surface area contributed by atoms with Crippen LogP contribution in [0, 0.1) is 18.3 Å². The summed E-state index contributed by atoms with van der Waals surface area (Å²) < 4.78 is 68.4. The Balaban J connectivity index is 0.983. The largest absolute Gasteiger partial charge is 0.393 e. The monoisotopic (exact) mass is 743 g/mol. The highest BCUT2D eigenvalue weighted by atomic mass is 32.2. The number of fused-ring (bicyclic) bond motifs is 2. The Morgan fingerprint density at radius 1 is 1.04 bits per heavy atom. The van der Waals surface area contributed by atoms with Crippen LogP contribution < -0.4 is 10.6 Å². The number of hydrogen-bond acceptors (Lipinski definition) is 10. The number of alkyl halides is 3. The minimum Gasteiger partial charge on any atom is -0.367 e. The van der Waals surface area contributed by atoms with Gasteiger partial charge in [0.15, 0.2) is 0 Å². The number of sulfonamides is 1. The average Bonchev–Trinajstić information content (AvgIpc) is 3.81. The third kappa shape index (κ3) is 7.68. The lowest BCUT2D eigenvalue weighted by Gasteiger charge is -2.37. The number of thiophene rings is 1. The number of halogens is 3. The fraction of sp³-hybridized carbons (Fsp3) is 0.571. The topological polar surface area (TPSA) is 122 Å². The maximum Gasteiger partial charge on any atom is 0.393 e. The van der Waals surface area contributed by atoms with E-state index in [-0.39, 0.29) is 22.2 Å². The Bertz CT molecular complexity index is 2050. The Morgan fingerprint density at radius 2 is 1.76 bits per heavy atom. The number of aromatic nitrogens is 3. The molecule has 3 aliphatic rings. The maximum absolute atomic E-state index is 13.1. The summed E-state index contributed by atoms with van der Waals surface area (Å²) in [4.78, 5) is 14.4. The molecule has 2 aliphatic heterocycles. The van der Waals surface area contributed by atoms with Gasteiger partial charge in [0.1, 0.15) is 22.4 Å². The van der Waals surface area contributed by atoms with Crippen LogP contribution in [-0.2, 0) is 29.5 Å². The van der Waals surface area contributed by atoms with E-state index in [1.807, 2.05) is 6.07 Å².